The minimum Gasteiger partial charge on any atom is -0.370 e. The molecule has 1 aliphatic heterocycles. The number of piperidine rings is 1. The third kappa shape index (κ3) is 3.66. The van der Waals surface area contributed by atoms with Crippen molar-refractivity contribution < 1.29 is 4.79 Å². The lowest BCUT2D eigenvalue weighted by Gasteiger charge is -2.30. The molecule has 5 heteroatoms. The quantitative estimate of drug-likeness (QED) is 0.903. The number of rotatable bonds is 4. The summed E-state index contributed by atoms with van der Waals surface area (Å²) in [7, 11) is 0. The van der Waals surface area contributed by atoms with Gasteiger partial charge in [-0.2, -0.15) is 0 Å². The van der Waals surface area contributed by atoms with Gasteiger partial charge in [0, 0.05) is 25.7 Å². The van der Waals surface area contributed by atoms with Crippen molar-refractivity contribution in [3.63, 3.8) is 0 Å². The van der Waals surface area contributed by atoms with Gasteiger partial charge < -0.3 is 10.2 Å². The van der Waals surface area contributed by atoms with Gasteiger partial charge in [-0.05, 0) is 25.2 Å². The van der Waals surface area contributed by atoms with Crippen LogP contribution in [-0.2, 0) is 0 Å². The summed E-state index contributed by atoms with van der Waals surface area (Å²) >= 11 is 0. The normalized spacial score (nSPS) is 16.4. The maximum absolute atomic E-state index is 12.3. The highest BCUT2D eigenvalue weighted by molar-refractivity contribution is 5.92. The minimum atomic E-state index is 0.0221. The van der Waals surface area contributed by atoms with Gasteiger partial charge in [-0.1, -0.05) is 13.8 Å². The van der Waals surface area contributed by atoms with Crippen LogP contribution in [0.15, 0.2) is 12.4 Å². The Morgan fingerprint density at radius 2 is 2.16 bits per heavy atom. The zero-order valence-corrected chi connectivity index (χ0v) is 11.7. The maximum Gasteiger partial charge on any atom is 0.272 e. The standard InChI is InChI=1S/C14H22N4O/c1-3-6-15-13-9-12(16-10-17-13)14(19)18-7-4-11(2)5-8-18/h9-11H,3-8H2,1-2H3,(H,15,16,17). The van der Waals surface area contributed by atoms with Crippen molar-refractivity contribution in [1.29, 1.82) is 0 Å². The summed E-state index contributed by atoms with van der Waals surface area (Å²) in [6.45, 7) is 6.85. The Morgan fingerprint density at radius 3 is 2.84 bits per heavy atom. The second-order valence-electron chi connectivity index (χ2n) is 5.19. The molecule has 0 atom stereocenters. The van der Waals surface area contributed by atoms with E-state index >= 15 is 0 Å². The van der Waals surface area contributed by atoms with Crippen LogP contribution in [0.1, 0.15) is 43.6 Å². The number of carbonyl (C=O) groups excluding carboxylic acids is 1. The first-order valence-corrected chi connectivity index (χ1v) is 7.06. The van der Waals surface area contributed by atoms with Crippen LogP contribution in [0.2, 0.25) is 0 Å². The van der Waals surface area contributed by atoms with Crippen LogP contribution in [-0.4, -0.2) is 40.4 Å². The van der Waals surface area contributed by atoms with Gasteiger partial charge in [-0.3, -0.25) is 4.79 Å². The average molecular weight is 262 g/mol. The number of nitrogens with one attached hydrogen (secondary N) is 1. The number of aromatic nitrogens is 2. The number of hydrogen-bond acceptors (Lipinski definition) is 4. The molecule has 0 unspecified atom stereocenters. The fourth-order valence-electron chi connectivity index (χ4n) is 2.20. The lowest BCUT2D eigenvalue weighted by Crippen LogP contribution is -2.38. The smallest absolute Gasteiger partial charge is 0.272 e. The van der Waals surface area contributed by atoms with Gasteiger partial charge in [-0.25, -0.2) is 9.97 Å². The molecule has 1 fully saturated rings. The van der Waals surface area contributed by atoms with Crippen molar-refractivity contribution in [2.24, 2.45) is 5.92 Å². The number of amides is 1. The zero-order valence-electron chi connectivity index (χ0n) is 11.7. The van der Waals surface area contributed by atoms with Crippen LogP contribution in [0.3, 0.4) is 0 Å². The molecule has 0 aliphatic carbocycles. The SMILES string of the molecule is CCCNc1cc(C(=O)N2CCC(C)CC2)ncn1. The van der Waals surface area contributed by atoms with Crippen LogP contribution in [0.25, 0.3) is 0 Å². The van der Waals surface area contributed by atoms with Crippen LogP contribution in [0.4, 0.5) is 5.82 Å². The Balaban J connectivity index is 2.02. The lowest BCUT2D eigenvalue weighted by atomic mass is 9.99. The van der Waals surface area contributed by atoms with Crippen molar-refractivity contribution >= 4 is 11.7 Å². The summed E-state index contributed by atoms with van der Waals surface area (Å²) in [5.74, 6) is 1.47. The van der Waals surface area contributed by atoms with E-state index in [0.717, 1.165) is 50.6 Å². The second-order valence-corrected chi connectivity index (χ2v) is 5.19. The third-order valence-corrected chi connectivity index (χ3v) is 3.51. The van der Waals surface area contributed by atoms with E-state index in [0.29, 0.717) is 5.69 Å². The molecule has 1 saturated heterocycles. The molecule has 2 heterocycles. The van der Waals surface area contributed by atoms with Crippen molar-refractivity contribution in [3.8, 4) is 0 Å². The highest BCUT2D eigenvalue weighted by atomic mass is 16.2. The monoisotopic (exact) mass is 262 g/mol. The first-order valence-electron chi connectivity index (χ1n) is 7.06. The molecule has 0 bridgehead atoms. The predicted molar refractivity (Wildman–Crippen MR) is 75.1 cm³/mol. The molecule has 1 aromatic heterocycles. The van der Waals surface area contributed by atoms with Crippen LogP contribution in [0, 0.1) is 5.92 Å². The van der Waals surface area contributed by atoms with E-state index in [-0.39, 0.29) is 5.91 Å². The summed E-state index contributed by atoms with van der Waals surface area (Å²) in [6.07, 6.45) is 4.64. The number of hydrogen-bond donors (Lipinski definition) is 1. The molecule has 104 valence electrons. The van der Waals surface area contributed by atoms with Gasteiger partial charge in [0.25, 0.3) is 5.91 Å². The third-order valence-electron chi connectivity index (χ3n) is 3.51. The summed E-state index contributed by atoms with van der Waals surface area (Å²) in [5, 5.41) is 3.18. The molecule has 0 aromatic carbocycles. The molecule has 0 spiro atoms. The number of likely N-dealkylation sites (tertiary alicyclic amines) is 1. The van der Waals surface area contributed by atoms with E-state index in [2.05, 4.69) is 29.1 Å². The molecule has 1 aromatic rings. The molecular weight excluding hydrogens is 240 g/mol. The van der Waals surface area contributed by atoms with Gasteiger partial charge >= 0.3 is 0 Å². The first-order chi connectivity index (χ1) is 9.20. The van der Waals surface area contributed by atoms with Gasteiger partial charge in [0.05, 0.1) is 0 Å². The highest BCUT2D eigenvalue weighted by Gasteiger charge is 2.22. The Bertz CT molecular complexity index is 427. The summed E-state index contributed by atoms with van der Waals surface area (Å²) in [5.41, 5.74) is 0.489. The Kier molecular flexibility index (Phi) is 4.71. The lowest BCUT2D eigenvalue weighted by molar-refractivity contribution is 0.0691. The average Bonchev–Trinajstić information content (AvgIpc) is 2.45. The summed E-state index contributed by atoms with van der Waals surface area (Å²) < 4.78 is 0. The van der Waals surface area contributed by atoms with Crippen LogP contribution in [0.5, 0.6) is 0 Å². The van der Waals surface area contributed by atoms with Crippen LogP contribution >= 0.6 is 0 Å². The fraction of sp³-hybridized carbons (Fsp3) is 0.643. The molecule has 0 radical (unpaired) electrons. The maximum atomic E-state index is 12.3. The van der Waals surface area contributed by atoms with E-state index in [1.165, 1.54) is 6.33 Å². The Morgan fingerprint density at radius 1 is 1.42 bits per heavy atom. The van der Waals surface area contributed by atoms with Crippen molar-refractivity contribution in [2.75, 3.05) is 25.0 Å². The highest BCUT2D eigenvalue weighted by Crippen LogP contribution is 2.18. The number of anilines is 1. The zero-order chi connectivity index (χ0) is 13.7. The molecule has 0 saturated carbocycles. The summed E-state index contributed by atoms with van der Waals surface area (Å²) in [4.78, 5) is 22.5. The van der Waals surface area contributed by atoms with Gasteiger partial charge in [0.2, 0.25) is 0 Å². The Labute approximate surface area is 114 Å². The van der Waals surface area contributed by atoms with Gasteiger partial charge in [-0.15, -0.1) is 0 Å². The van der Waals surface area contributed by atoms with Crippen molar-refractivity contribution in [2.45, 2.75) is 33.1 Å². The number of nitrogens with zero attached hydrogens (tertiary/aromatic N) is 3. The Hall–Kier alpha value is -1.65. The van der Waals surface area contributed by atoms with Crippen molar-refractivity contribution in [1.82, 2.24) is 14.9 Å². The van der Waals surface area contributed by atoms with Gasteiger partial charge in [0.15, 0.2) is 0 Å². The molecule has 1 amide bonds. The van der Waals surface area contributed by atoms with Crippen molar-refractivity contribution in [3.05, 3.63) is 18.1 Å². The molecule has 19 heavy (non-hydrogen) atoms. The molecular formula is C14H22N4O. The molecule has 1 N–H and O–H groups in total. The minimum absolute atomic E-state index is 0.0221. The van der Waals surface area contributed by atoms with E-state index < -0.39 is 0 Å². The van der Waals surface area contributed by atoms with Gasteiger partial charge in [0.1, 0.15) is 17.8 Å². The van der Waals surface area contributed by atoms with E-state index in [1.807, 2.05) is 4.90 Å². The second kappa shape index (κ2) is 6.50. The van der Waals surface area contributed by atoms with Crippen LogP contribution < -0.4 is 5.32 Å². The molecule has 2 rings (SSSR count). The molecule has 5 nitrogen and oxygen atoms in total. The fourth-order valence-corrected chi connectivity index (χ4v) is 2.20. The number of carbonyl (C=O) groups is 1. The van der Waals surface area contributed by atoms with E-state index in [1.54, 1.807) is 6.07 Å². The largest absolute Gasteiger partial charge is 0.370 e. The predicted octanol–water partition coefficient (Wildman–Crippen LogP) is 2.17. The first kappa shape index (κ1) is 13.8. The molecule has 1 aliphatic rings. The van der Waals surface area contributed by atoms with E-state index in [9.17, 15) is 4.79 Å². The summed E-state index contributed by atoms with van der Waals surface area (Å²) in [6, 6.07) is 1.75. The topological polar surface area (TPSA) is 58.1 Å². The van der Waals surface area contributed by atoms with E-state index in [4.69, 9.17) is 0 Å².